The van der Waals surface area contributed by atoms with Gasteiger partial charge in [0.2, 0.25) is 0 Å². The van der Waals surface area contributed by atoms with Gasteiger partial charge in [0.25, 0.3) is 5.91 Å². The molecule has 1 aromatic heterocycles. The molecule has 1 heterocycles. The zero-order chi connectivity index (χ0) is 21.3. The third-order valence-corrected chi connectivity index (χ3v) is 5.04. The molecule has 162 valence electrons. The van der Waals surface area contributed by atoms with Crippen LogP contribution in [0.2, 0.25) is 0 Å². The first-order chi connectivity index (χ1) is 14.5. The Kier molecular flexibility index (Phi) is 7.76. The van der Waals surface area contributed by atoms with Crippen molar-refractivity contribution in [1.82, 2.24) is 20.1 Å². The number of aryl methyl sites for hydroxylation is 1. The number of ether oxygens (including phenoxy) is 1. The number of rotatable bonds is 10. The van der Waals surface area contributed by atoms with Gasteiger partial charge in [-0.05, 0) is 56.0 Å². The molecule has 1 fully saturated rings. The standard InChI is InChI=1S/C23H33N5O2/c1-4-24-23(28(3)16-20-6-5-15-27(20)2)25-14-13-18-7-11-21(12-8-18)30-17-22(29)26-19-9-10-19/h5-8,11-12,15,19H,4,9-10,13-14,16-17H2,1-3H3,(H,24,25)(H,26,29). The molecule has 0 atom stereocenters. The Morgan fingerprint density at radius 1 is 1.27 bits per heavy atom. The van der Waals surface area contributed by atoms with Crippen LogP contribution < -0.4 is 15.4 Å². The molecule has 0 spiro atoms. The van der Waals surface area contributed by atoms with Crippen molar-refractivity contribution in [3.05, 3.63) is 53.9 Å². The molecule has 0 unspecified atom stereocenters. The van der Waals surface area contributed by atoms with Crippen molar-refractivity contribution in [3.63, 3.8) is 0 Å². The lowest BCUT2D eigenvalue weighted by Gasteiger charge is -2.22. The monoisotopic (exact) mass is 411 g/mol. The molecule has 1 aliphatic rings. The van der Waals surface area contributed by atoms with Gasteiger partial charge in [0.05, 0.1) is 6.54 Å². The van der Waals surface area contributed by atoms with Gasteiger partial charge in [-0.25, -0.2) is 0 Å². The van der Waals surface area contributed by atoms with Gasteiger partial charge in [0.1, 0.15) is 5.75 Å². The molecular formula is C23H33N5O2. The highest BCUT2D eigenvalue weighted by Crippen LogP contribution is 2.18. The van der Waals surface area contributed by atoms with Gasteiger partial charge in [0.15, 0.2) is 12.6 Å². The minimum Gasteiger partial charge on any atom is -0.484 e. The molecule has 0 bridgehead atoms. The number of benzene rings is 1. The first-order valence-electron chi connectivity index (χ1n) is 10.7. The lowest BCUT2D eigenvalue weighted by molar-refractivity contribution is -0.123. The van der Waals surface area contributed by atoms with Crippen LogP contribution in [0.1, 0.15) is 31.0 Å². The van der Waals surface area contributed by atoms with Crippen LogP contribution in [0.5, 0.6) is 5.75 Å². The number of aromatic nitrogens is 1. The minimum atomic E-state index is -0.0497. The van der Waals surface area contributed by atoms with Gasteiger partial charge < -0.3 is 24.8 Å². The number of hydrogen-bond donors (Lipinski definition) is 2. The summed E-state index contributed by atoms with van der Waals surface area (Å²) in [6.07, 6.45) is 5.07. The smallest absolute Gasteiger partial charge is 0.258 e. The molecular weight excluding hydrogens is 378 g/mol. The minimum absolute atomic E-state index is 0.0497. The largest absolute Gasteiger partial charge is 0.484 e. The van der Waals surface area contributed by atoms with Crippen molar-refractivity contribution in [3.8, 4) is 5.75 Å². The van der Waals surface area contributed by atoms with Crippen LogP contribution in [0.15, 0.2) is 47.6 Å². The number of nitrogens with zero attached hydrogens (tertiary/aromatic N) is 3. The summed E-state index contributed by atoms with van der Waals surface area (Å²) in [5, 5.41) is 6.28. The van der Waals surface area contributed by atoms with Gasteiger partial charge in [0, 0.05) is 45.1 Å². The molecule has 1 amide bonds. The molecule has 1 aromatic carbocycles. The molecule has 0 saturated heterocycles. The first kappa shape index (κ1) is 21.7. The van der Waals surface area contributed by atoms with Crippen molar-refractivity contribution >= 4 is 11.9 Å². The summed E-state index contributed by atoms with van der Waals surface area (Å²) in [7, 11) is 4.11. The molecule has 0 aliphatic heterocycles. The van der Waals surface area contributed by atoms with Crippen molar-refractivity contribution < 1.29 is 9.53 Å². The molecule has 7 nitrogen and oxygen atoms in total. The maximum absolute atomic E-state index is 11.7. The van der Waals surface area contributed by atoms with Gasteiger partial charge in [-0.1, -0.05) is 12.1 Å². The first-order valence-corrected chi connectivity index (χ1v) is 10.7. The summed E-state index contributed by atoms with van der Waals surface area (Å²) in [5.41, 5.74) is 2.43. The van der Waals surface area contributed by atoms with E-state index in [9.17, 15) is 4.79 Å². The van der Waals surface area contributed by atoms with E-state index >= 15 is 0 Å². The van der Waals surface area contributed by atoms with E-state index in [0.717, 1.165) is 38.3 Å². The average molecular weight is 412 g/mol. The van der Waals surface area contributed by atoms with Crippen LogP contribution in [-0.2, 0) is 24.8 Å². The van der Waals surface area contributed by atoms with Crippen LogP contribution in [0.3, 0.4) is 0 Å². The molecule has 30 heavy (non-hydrogen) atoms. The number of carbonyl (C=O) groups excluding carboxylic acids is 1. The van der Waals surface area contributed by atoms with Crippen LogP contribution in [0, 0.1) is 0 Å². The summed E-state index contributed by atoms with van der Waals surface area (Å²) in [6.45, 7) is 4.48. The molecule has 2 aromatic rings. The summed E-state index contributed by atoms with van der Waals surface area (Å²) in [4.78, 5) is 18.6. The number of hydrogen-bond acceptors (Lipinski definition) is 3. The Balaban J connectivity index is 1.46. The lowest BCUT2D eigenvalue weighted by atomic mass is 10.1. The number of nitrogens with one attached hydrogen (secondary N) is 2. The molecule has 1 saturated carbocycles. The summed E-state index contributed by atoms with van der Waals surface area (Å²) < 4.78 is 7.68. The zero-order valence-corrected chi connectivity index (χ0v) is 18.2. The second-order valence-corrected chi connectivity index (χ2v) is 7.73. The number of carbonyl (C=O) groups is 1. The zero-order valence-electron chi connectivity index (χ0n) is 18.2. The van der Waals surface area contributed by atoms with E-state index in [1.54, 1.807) is 0 Å². The Bertz CT molecular complexity index is 840. The summed E-state index contributed by atoms with van der Waals surface area (Å²) in [5.74, 6) is 1.57. The number of guanidine groups is 1. The van der Waals surface area contributed by atoms with Crippen LogP contribution >= 0.6 is 0 Å². The Morgan fingerprint density at radius 3 is 2.67 bits per heavy atom. The number of aliphatic imine (C=N–C) groups is 1. The third-order valence-electron chi connectivity index (χ3n) is 5.04. The SMILES string of the molecule is CCNC(=NCCc1ccc(OCC(=O)NC2CC2)cc1)N(C)Cc1cccn1C. The number of amides is 1. The predicted molar refractivity (Wildman–Crippen MR) is 120 cm³/mol. The fourth-order valence-electron chi connectivity index (χ4n) is 3.14. The van der Waals surface area contributed by atoms with E-state index in [-0.39, 0.29) is 12.5 Å². The summed E-state index contributed by atoms with van der Waals surface area (Å²) in [6, 6.07) is 12.4. The second-order valence-electron chi connectivity index (χ2n) is 7.73. The van der Waals surface area contributed by atoms with Crippen LogP contribution in [0.25, 0.3) is 0 Å². The highest BCUT2D eigenvalue weighted by atomic mass is 16.5. The van der Waals surface area contributed by atoms with Gasteiger partial charge in [-0.3, -0.25) is 9.79 Å². The van der Waals surface area contributed by atoms with Crippen molar-refractivity contribution in [2.45, 2.75) is 38.8 Å². The third kappa shape index (κ3) is 6.83. The van der Waals surface area contributed by atoms with Crippen LogP contribution in [0.4, 0.5) is 0 Å². The Hall–Kier alpha value is -2.96. The molecule has 3 rings (SSSR count). The molecule has 7 heteroatoms. The normalized spacial score (nSPS) is 13.8. The second kappa shape index (κ2) is 10.7. The van der Waals surface area contributed by atoms with E-state index in [0.29, 0.717) is 18.3 Å². The maximum atomic E-state index is 11.7. The summed E-state index contributed by atoms with van der Waals surface area (Å²) >= 11 is 0. The van der Waals surface area contributed by atoms with Gasteiger partial charge in [-0.2, -0.15) is 0 Å². The maximum Gasteiger partial charge on any atom is 0.258 e. The molecule has 1 aliphatic carbocycles. The molecule has 0 radical (unpaired) electrons. The fourth-order valence-corrected chi connectivity index (χ4v) is 3.14. The van der Waals surface area contributed by atoms with Crippen LogP contribution in [-0.4, -0.2) is 54.1 Å². The average Bonchev–Trinajstić information content (AvgIpc) is 3.46. The van der Waals surface area contributed by atoms with Gasteiger partial charge >= 0.3 is 0 Å². The van der Waals surface area contributed by atoms with Gasteiger partial charge in [-0.15, -0.1) is 0 Å². The highest BCUT2D eigenvalue weighted by Gasteiger charge is 2.23. The van der Waals surface area contributed by atoms with Crippen molar-refractivity contribution in [2.75, 3.05) is 26.7 Å². The fraction of sp³-hybridized carbons (Fsp3) is 0.478. The van der Waals surface area contributed by atoms with E-state index in [1.807, 2.05) is 24.3 Å². The van der Waals surface area contributed by atoms with E-state index < -0.39 is 0 Å². The highest BCUT2D eigenvalue weighted by molar-refractivity contribution is 5.79. The Morgan fingerprint density at radius 2 is 2.03 bits per heavy atom. The Labute approximate surface area is 179 Å². The lowest BCUT2D eigenvalue weighted by Crippen LogP contribution is -2.39. The predicted octanol–water partition coefficient (Wildman–Crippen LogP) is 2.32. The van der Waals surface area contributed by atoms with E-state index in [2.05, 4.69) is 59.4 Å². The van der Waals surface area contributed by atoms with Crippen molar-refractivity contribution in [2.24, 2.45) is 12.0 Å². The van der Waals surface area contributed by atoms with E-state index in [4.69, 9.17) is 9.73 Å². The topological polar surface area (TPSA) is 70.9 Å². The van der Waals surface area contributed by atoms with E-state index in [1.165, 1.54) is 11.3 Å². The molecule has 2 N–H and O–H groups in total. The quantitative estimate of drug-likeness (QED) is 0.465. The van der Waals surface area contributed by atoms with Crippen molar-refractivity contribution in [1.29, 1.82) is 0 Å².